The maximum Gasteiger partial charge on any atom is 0.322 e. The second-order valence-corrected chi connectivity index (χ2v) is 10.1. The number of likely N-dealkylation sites (tertiary alicyclic amines) is 1. The van der Waals surface area contributed by atoms with Crippen molar-refractivity contribution >= 4 is 33.5 Å². The van der Waals surface area contributed by atoms with Crippen LogP contribution in [0.4, 0.5) is 13.6 Å². The Kier molecular flexibility index (Phi) is 7.05. The molecular formula is C29H29F2N7O2. The van der Waals surface area contributed by atoms with E-state index in [1.54, 1.807) is 36.5 Å². The lowest BCUT2D eigenvalue weighted by atomic mass is 9.89. The average molecular weight is 546 g/mol. The van der Waals surface area contributed by atoms with Gasteiger partial charge in [0, 0.05) is 53.6 Å². The zero-order valence-corrected chi connectivity index (χ0v) is 22.5. The van der Waals surface area contributed by atoms with Gasteiger partial charge in [-0.1, -0.05) is 6.58 Å². The Bertz CT molecular complexity index is 1700. The highest BCUT2D eigenvalue weighted by Crippen LogP contribution is 2.36. The summed E-state index contributed by atoms with van der Waals surface area (Å²) in [6.45, 7) is 10.0. The number of allylic oxidation sites excluding steroid dienone is 4. The molecule has 0 radical (unpaired) electrons. The van der Waals surface area contributed by atoms with Crippen LogP contribution in [-0.4, -0.2) is 48.5 Å². The van der Waals surface area contributed by atoms with E-state index < -0.39 is 17.7 Å². The molecule has 3 aromatic heterocycles. The summed E-state index contributed by atoms with van der Waals surface area (Å²) < 4.78 is 38.4. The number of carbonyl (C=O) groups excluding carboxylic acids is 1. The molecule has 0 spiro atoms. The summed E-state index contributed by atoms with van der Waals surface area (Å²) in [4.78, 5) is 30.4. The van der Waals surface area contributed by atoms with Crippen molar-refractivity contribution in [1.29, 1.82) is 0 Å². The van der Waals surface area contributed by atoms with Crippen LogP contribution in [-0.2, 0) is 5.54 Å². The van der Waals surface area contributed by atoms with E-state index >= 15 is 8.78 Å². The monoisotopic (exact) mass is 545 g/mol. The molecule has 1 aliphatic rings. The third-order valence-electron chi connectivity index (χ3n) is 7.41. The van der Waals surface area contributed by atoms with E-state index in [4.69, 9.17) is 10.5 Å². The molecule has 4 heterocycles. The normalized spacial score (nSPS) is 16.2. The molecule has 0 atom stereocenters. The van der Waals surface area contributed by atoms with Gasteiger partial charge >= 0.3 is 12.0 Å². The van der Waals surface area contributed by atoms with Crippen molar-refractivity contribution in [1.82, 2.24) is 29.4 Å². The largest absolute Gasteiger partial charge is 0.424 e. The molecule has 2 amide bonds. The number of amides is 2. The van der Waals surface area contributed by atoms with Gasteiger partial charge in [0.2, 0.25) is 0 Å². The minimum absolute atomic E-state index is 0.0466. The number of halogens is 2. The number of urea groups is 1. The number of piperidine rings is 1. The average Bonchev–Trinajstić information content (AvgIpc) is 3.38. The number of aryl methyl sites for hydroxylation is 1. The maximum atomic E-state index is 15.5. The Morgan fingerprint density at radius 1 is 1.20 bits per heavy atom. The zero-order chi connectivity index (χ0) is 28.6. The Hall–Kier alpha value is -4.67. The van der Waals surface area contributed by atoms with Crippen LogP contribution < -0.4 is 10.5 Å². The van der Waals surface area contributed by atoms with Crippen LogP contribution >= 0.6 is 0 Å². The van der Waals surface area contributed by atoms with Crippen molar-refractivity contribution in [2.45, 2.75) is 39.2 Å². The number of pyridine rings is 1. The van der Waals surface area contributed by atoms with Crippen molar-refractivity contribution in [3.05, 3.63) is 84.3 Å². The van der Waals surface area contributed by atoms with Gasteiger partial charge in [-0.25, -0.2) is 28.5 Å². The van der Waals surface area contributed by atoms with Gasteiger partial charge in [-0.05, 0) is 57.4 Å². The first-order valence-electron chi connectivity index (χ1n) is 12.8. The number of primary amides is 1. The predicted octanol–water partition coefficient (Wildman–Crippen LogP) is 5.56. The fourth-order valence-electron chi connectivity index (χ4n) is 4.93. The van der Waals surface area contributed by atoms with Crippen molar-refractivity contribution in [2.24, 2.45) is 5.73 Å². The van der Waals surface area contributed by atoms with Crippen LogP contribution in [0.25, 0.3) is 27.5 Å². The molecule has 5 rings (SSSR count). The highest BCUT2D eigenvalue weighted by atomic mass is 19.1. The predicted molar refractivity (Wildman–Crippen MR) is 148 cm³/mol. The van der Waals surface area contributed by atoms with E-state index in [0.29, 0.717) is 48.0 Å². The van der Waals surface area contributed by atoms with Crippen LogP contribution in [0.2, 0.25) is 0 Å². The summed E-state index contributed by atoms with van der Waals surface area (Å²) in [7, 11) is 0. The number of rotatable bonds is 6. The van der Waals surface area contributed by atoms with Gasteiger partial charge < -0.3 is 19.9 Å². The van der Waals surface area contributed by atoms with Gasteiger partial charge in [-0.3, -0.25) is 4.98 Å². The van der Waals surface area contributed by atoms with Gasteiger partial charge in [-0.15, -0.1) is 0 Å². The van der Waals surface area contributed by atoms with Crippen molar-refractivity contribution in [3.63, 3.8) is 0 Å². The summed E-state index contributed by atoms with van der Waals surface area (Å²) in [6, 6.07) is 4.21. The topological polar surface area (TPSA) is 112 Å². The minimum Gasteiger partial charge on any atom is -0.424 e. The third kappa shape index (κ3) is 5.02. The lowest BCUT2D eigenvalue weighted by Crippen LogP contribution is -2.48. The molecular weight excluding hydrogens is 516 g/mol. The first-order valence-corrected chi connectivity index (χ1v) is 12.8. The van der Waals surface area contributed by atoms with E-state index in [9.17, 15) is 4.79 Å². The number of imidazole rings is 1. The Morgan fingerprint density at radius 2 is 1.95 bits per heavy atom. The molecule has 4 aromatic rings. The van der Waals surface area contributed by atoms with E-state index in [-0.39, 0.29) is 28.4 Å². The second kappa shape index (κ2) is 10.5. The number of hydrogen-bond acceptors (Lipinski definition) is 6. The number of ether oxygens (including phenoxy) is 1. The summed E-state index contributed by atoms with van der Waals surface area (Å²) in [5.74, 6) is -1.25. The number of aromatic nitrogens is 5. The first kappa shape index (κ1) is 26.9. The Balaban J connectivity index is 1.57. The minimum atomic E-state index is -0.708. The van der Waals surface area contributed by atoms with E-state index in [2.05, 4.69) is 33.4 Å². The SMILES string of the molecule is C=C/C(=C\C(F)=C(/C)c1cc2c(cc1F)ncc1ncn(C3(C)CCN(C(N)=O)CC3)c12)Oc1nccc(C)n1. The van der Waals surface area contributed by atoms with E-state index in [1.165, 1.54) is 25.3 Å². The molecule has 1 fully saturated rings. The van der Waals surface area contributed by atoms with Crippen LogP contribution in [0.5, 0.6) is 6.01 Å². The number of nitrogens with two attached hydrogens (primary N) is 1. The fraction of sp³-hybridized carbons (Fsp3) is 0.276. The Labute approximate surface area is 229 Å². The molecule has 0 bridgehead atoms. The first-order chi connectivity index (χ1) is 19.1. The number of hydrogen-bond donors (Lipinski definition) is 1. The zero-order valence-electron chi connectivity index (χ0n) is 22.5. The molecule has 11 heteroatoms. The van der Waals surface area contributed by atoms with Gasteiger partial charge in [0.25, 0.3) is 0 Å². The lowest BCUT2D eigenvalue weighted by Gasteiger charge is -2.40. The molecule has 1 aliphatic heterocycles. The number of benzene rings is 1. The van der Waals surface area contributed by atoms with Gasteiger partial charge in [0.05, 0.1) is 23.6 Å². The summed E-state index contributed by atoms with van der Waals surface area (Å²) in [5.41, 5.74) is 7.75. The fourth-order valence-corrected chi connectivity index (χ4v) is 4.93. The molecule has 206 valence electrons. The molecule has 40 heavy (non-hydrogen) atoms. The molecule has 1 saturated heterocycles. The summed E-state index contributed by atoms with van der Waals surface area (Å²) >= 11 is 0. The van der Waals surface area contributed by atoms with Crippen molar-refractivity contribution in [3.8, 4) is 6.01 Å². The molecule has 9 nitrogen and oxygen atoms in total. The van der Waals surface area contributed by atoms with Gasteiger partial charge in [0.15, 0.2) is 0 Å². The van der Waals surface area contributed by atoms with Crippen LogP contribution in [0.15, 0.2) is 67.2 Å². The summed E-state index contributed by atoms with van der Waals surface area (Å²) in [5, 5.41) is 0.634. The van der Waals surface area contributed by atoms with Crippen LogP contribution in [0.1, 0.15) is 37.9 Å². The molecule has 0 aliphatic carbocycles. The highest BCUT2D eigenvalue weighted by Gasteiger charge is 2.34. The van der Waals surface area contributed by atoms with E-state index in [0.717, 1.165) is 11.6 Å². The standard InChI is InChI=1S/C29H29F2N7O2/c1-5-19(40-28-33-9-6-17(2)36-28)12-22(30)18(3)20-13-21-24(14-23(20)31)34-15-25-26(21)38(16-35-25)29(4)7-10-37(11-8-29)27(32)39/h5-6,9,12-16H,1,7-8,10-11H2,2-4H3,(H2,32,39)/b19-12+,22-18-. The van der Waals surface area contributed by atoms with Crippen molar-refractivity contribution < 1.29 is 18.3 Å². The highest BCUT2D eigenvalue weighted by molar-refractivity contribution is 6.03. The van der Waals surface area contributed by atoms with Crippen molar-refractivity contribution in [2.75, 3.05) is 13.1 Å². The van der Waals surface area contributed by atoms with Crippen LogP contribution in [0.3, 0.4) is 0 Å². The van der Waals surface area contributed by atoms with E-state index in [1.807, 2.05) is 4.57 Å². The third-order valence-corrected chi connectivity index (χ3v) is 7.41. The van der Waals surface area contributed by atoms with Gasteiger partial charge in [-0.2, -0.15) is 0 Å². The lowest BCUT2D eigenvalue weighted by molar-refractivity contribution is 0.141. The molecule has 0 saturated carbocycles. The number of carbonyl (C=O) groups is 1. The smallest absolute Gasteiger partial charge is 0.322 e. The number of fused-ring (bicyclic) bond motifs is 3. The van der Waals surface area contributed by atoms with Crippen LogP contribution in [0, 0.1) is 12.7 Å². The summed E-state index contributed by atoms with van der Waals surface area (Å²) in [6.07, 6.45) is 8.63. The number of nitrogens with zero attached hydrogens (tertiary/aromatic N) is 6. The molecule has 0 unspecified atom stereocenters. The molecule has 1 aromatic carbocycles. The molecule has 2 N–H and O–H groups in total. The quantitative estimate of drug-likeness (QED) is 0.251. The Morgan fingerprint density at radius 3 is 2.62 bits per heavy atom. The van der Waals surface area contributed by atoms with Gasteiger partial charge in [0.1, 0.15) is 22.9 Å². The second-order valence-electron chi connectivity index (χ2n) is 10.1. The maximum absolute atomic E-state index is 15.5.